The summed E-state index contributed by atoms with van der Waals surface area (Å²) in [6.45, 7) is 15.7. The highest BCUT2D eigenvalue weighted by atomic mass is 15.1. The Morgan fingerprint density at radius 1 is 0.308 bits per heavy atom. The van der Waals surface area contributed by atoms with Crippen molar-refractivity contribution in [3.63, 3.8) is 0 Å². The highest BCUT2D eigenvalue weighted by Gasteiger charge is 2.02. The number of rotatable bonds is 33. The fourth-order valence-corrected chi connectivity index (χ4v) is 6.09. The standard InChI is InChI=1S/C38H79N/c1-6-39(35-31-27-23-19-15-11-7-9-13-17-21-25-29-33-37(2)3)36-32-28-24-20-16-12-8-10-14-18-22-26-30-34-38(4)5/h37-38H,6-36H2,1-5H3. The number of nitrogens with zero attached hydrogens (tertiary/aromatic N) is 1. The van der Waals surface area contributed by atoms with Crippen LogP contribution in [0.25, 0.3) is 0 Å². The molecule has 0 aromatic carbocycles. The Morgan fingerprint density at radius 2 is 0.513 bits per heavy atom. The molecule has 0 atom stereocenters. The van der Waals surface area contributed by atoms with E-state index in [1.165, 1.54) is 199 Å². The molecule has 1 heteroatoms. The van der Waals surface area contributed by atoms with E-state index in [2.05, 4.69) is 39.5 Å². The summed E-state index contributed by atoms with van der Waals surface area (Å²) >= 11 is 0. The lowest BCUT2D eigenvalue weighted by atomic mass is 10.0. The number of hydrogen-bond donors (Lipinski definition) is 0. The van der Waals surface area contributed by atoms with Crippen molar-refractivity contribution in [2.24, 2.45) is 11.8 Å². The van der Waals surface area contributed by atoms with Crippen LogP contribution in [-0.2, 0) is 0 Å². The zero-order valence-electron chi connectivity index (χ0n) is 28.5. The van der Waals surface area contributed by atoms with Gasteiger partial charge in [0.25, 0.3) is 0 Å². The minimum atomic E-state index is 0.892. The van der Waals surface area contributed by atoms with E-state index in [-0.39, 0.29) is 0 Å². The maximum Gasteiger partial charge on any atom is -0.00189 e. The molecule has 0 aliphatic heterocycles. The van der Waals surface area contributed by atoms with Crippen LogP contribution in [0.2, 0.25) is 0 Å². The Labute approximate surface area is 250 Å². The van der Waals surface area contributed by atoms with E-state index in [1.54, 1.807) is 0 Å². The first kappa shape index (κ1) is 39.0. The summed E-state index contributed by atoms with van der Waals surface area (Å²) in [5, 5.41) is 0. The van der Waals surface area contributed by atoms with Crippen LogP contribution in [-0.4, -0.2) is 24.5 Å². The Balaban J connectivity index is 3.27. The molecule has 0 aliphatic rings. The quantitative estimate of drug-likeness (QED) is 0.0736. The number of unbranched alkanes of at least 4 members (excludes halogenated alkanes) is 24. The predicted molar refractivity (Wildman–Crippen MR) is 181 cm³/mol. The van der Waals surface area contributed by atoms with Crippen LogP contribution in [0.15, 0.2) is 0 Å². The van der Waals surface area contributed by atoms with Gasteiger partial charge >= 0.3 is 0 Å². The summed E-state index contributed by atoms with van der Waals surface area (Å²) in [7, 11) is 0. The second kappa shape index (κ2) is 32.5. The monoisotopic (exact) mass is 550 g/mol. The van der Waals surface area contributed by atoms with E-state index in [1.807, 2.05) is 0 Å². The lowest BCUT2D eigenvalue weighted by Crippen LogP contribution is -2.25. The Kier molecular flexibility index (Phi) is 32.4. The lowest BCUT2D eigenvalue weighted by Gasteiger charge is -2.20. The van der Waals surface area contributed by atoms with Crippen LogP contribution >= 0.6 is 0 Å². The molecule has 0 bridgehead atoms. The molecule has 0 aromatic heterocycles. The van der Waals surface area contributed by atoms with Crippen LogP contribution in [0.5, 0.6) is 0 Å². The van der Waals surface area contributed by atoms with Crippen LogP contribution in [0.3, 0.4) is 0 Å². The van der Waals surface area contributed by atoms with Gasteiger partial charge in [-0.15, -0.1) is 0 Å². The maximum atomic E-state index is 2.71. The fourth-order valence-electron chi connectivity index (χ4n) is 6.09. The van der Waals surface area contributed by atoms with E-state index in [4.69, 9.17) is 0 Å². The van der Waals surface area contributed by atoms with E-state index in [9.17, 15) is 0 Å². The molecule has 0 N–H and O–H groups in total. The van der Waals surface area contributed by atoms with Gasteiger partial charge in [-0.2, -0.15) is 0 Å². The van der Waals surface area contributed by atoms with E-state index >= 15 is 0 Å². The van der Waals surface area contributed by atoms with Crippen LogP contribution < -0.4 is 0 Å². The molecule has 0 aromatic rings. The SMILES string of the molecule is CCN(CCCCCCCCCCCCCCCC(C)C)CCCCCCCCCCCCCCCC(C)C. The van der Waals surface area contributed by atoms with Crippen molar-refractivity contribution in [1.82, 2.24) is 4.90 Å². The van der Waals surface area contributed by atoms with Gasteiger partial charge in [-0.25, -0.2) is 0 Å². The first-order chi connectivity index (χ1) is 19.1. The zero-order chi connectivity index (χ0) is 28.7. The van der Waals surface area contributed by atoms with Gasteiger partial charge in [0.1, 0.15) is 0 Å². The summed E-state index contributed by atoms with van der Waals surface area (Å²) < 4.78 is 0. The van der Waals surface area contributed by atoms with Gasteiger partial charge < -0.3 is 4.90 Å². The molecule has 0 saturated carbocycles. The van der Waals surface area contributed by atoms with Gasteiger partial charge in [0.15, 0.2) is 0 Å². The molecule has 0 amide bonds. The first-order valence-electron chi connectivity index (χ1n) is 18.8. The molecule has 0 unspecified atom stereocenters. The minimum Gasteiger partial charge on any atom is -0.304 e. The second-order valence-corrected chi connectivity index (χ2v) is 14.0. The summed E-state index contributed by atoms with van der Waals surface area (Å²) in [5.41, 5.74) is 0. The van der Waals surface area contributed by atoms with Crippen LogP contribution in [0, 0.1) is 11.8 Å². The van der Waals surface area contributed by atoms with Crippen molar-refractivity contribution in [2.75, 3.05) is 19.6 Å². The summed E-state index contributed by atoms with van der Waals surface area (Å²) in [5.74, 6) is 1.78. The largest absolute Gasteiger partial charge is 0.304 e. The van der Waals surface area contributed by atoms with Gasteiger partial charge in [-0.3, -0.25) is 0 Å². The van der Waals surface area contributed by atoms with E-state index in [0.29, 0.717) is 0 Å². The fraction of sp³-hybridized carbons (Fsp3) is 1.00. The smallest absolute Gasteiger partial charge is 0.00189 e. The molecule has 0 radical (unpaired) electrons. The van der Waals surface area contributed by atoms with Crippen molar-refractivity contribution < 1.29 is 0 Å². The van der Waals surface area contributed by atoms with E-state index in [0.717, 1.165) is 11.8 Å². The Bertz CT molecular complexity index is 390. The predicted octanol–water partition coefficient (Wildman–Crippen LogP) is 13.5. The van der Waals surface area contributed by atoms with E-state index < -0.39 is 0 Å². The van der Waals surface area contributed by atoms with Crippen molar-refractivity contribution >= 4 is 0 Å². The molecule has 1 nitrogen and oxygen atoms in total. The van der Waals surface area contributed by atoms with Crippen LogP contribution in [0.4, 0.5) is 0 Å². The highest BCUT2D eigenvalue weighted by Crippen LogP contribution is 2.16. The van der Waals surface area contributed by atoms with Crippen molar-refractivity contribution in [2.45, 2.75) is 214 Å². The van der Waals surface area contributed by atoms with Crippen molar-refractivity contribution in [1.29, 1.82) is 0 Å². The molecule has 0 saturated heterocycles. The van der Waals surface area contributed by atoms with Crippen molar-refractivity contribution in [3.8, 4) is 0 Å². The molecule has 0 rings (SSSR count). The Morgan fingerprint density at radius 3 is 0.718 bits per heavy atom. The normalized spacial score (nSPS) is 12.0. The molecule has 0 heterocycles. The maximum absolute atomic E-state index is 2.71. The molecule has 39 heavy (non-hydrogen) atoms. The molecular weight excluding hydrogens is 470 g/mol. The molecule has 0 fully saturated rings. The number of hydrogen-bond acceptors (Lipinski definition) is 1. The second-order valence-electron chi connectivity index (χ2n) is 14.0. The molecule has 0 aliphatic carbocycles. The van der Waals surface area contributed by atoms with Gasteiger partial charge in [0, 0.05) is 0 Å². The molecule has 0 spiro atoms. The third-order valence-electron chi connectivity index (χ3n) is 8.96. The summed E-state index contributed by atoms with van der Waals surface area (Å²) in [4.78, 5) is 2.71. The van der Waals surface area contributed by atoms with Gasteiger partial charge in [-0.1, -0.05) is 202 Å². The van der Waals surface area contributed by atoms with Crippen molar-refractivity contribution in [3.05, 3.63) is 0 Å². The third-order valence-corrected chi connectivity index (χ3v) is 8.96. The molecular formula is C38H79N. The minimum absolute atomic E-state index is 0.892. The highest BCUT2D eigenvalue weighted by molar-refractivity contribution is 4.58. The first-order valence-corrected chi connectivity index (χ1v) is 18.8. The third kappa shape index (κ3) is 34.1. The average molecular weight is 550 g/mol. The summed E-state index contributed by atoms with van der Waals surface area (Å²) in [6.07, 6.45) is 41.0. The van der Waals surface area contributed by atoms with Gasteiger partial charge in [-0.05, 0) is 44.3 Å². The van der Waals surface area contributed by atoms with Gasteiger partial charge in [0.05, 0.1) is 0 Å². The average Bonchev–Trinajstić information content (AvgIpc) is 2.91. The molecule has 236 valence electrons. The summed E-state index contributed by atoms with van der Waals surface area (Å²) in [6, 6.07) is 0. The topological polar surface area (TPSA) is 3.24 Å². The Hall–Kier alpha value is -0.0400. The lowest BCUT2D eigenvalue weighted by molar-refractivity contribution is 0.273. The zero-order valence-corrected chi connectivity index (χ0v) is 28.5. The van der Waals surface area contributed by atoms with Gasteiger partial charge in [0.2, 0.25) is 0 Å². The van der Waals surface area contributed by atoms with Crippen LogP contribution in [0.1, 0.15) is 214 Å².